The van der Waals surface area contributed by atoms with Crippen LogP contribution < -0.4 is 4.74 Å². The predicted molar refractivity (Wildman–Crippen MR) is 140 cm³/mol. The van der Waals surface area contributed by atoms with E-state index in [1.54, 1.807) is 23.3 Å². The summed E-state index contributed by atoms with van der Waals surface area (Å²) >= 11 is 0. The van der Waals surface area contributed by atoms with Gasteiger partial charge in [-0.2, -0.15) is 5.10 Å². The van der Waals surface area contributed by atoms with Gasteiger partial charge in [-0.1, -0.05) is 24.3 Å². The maximum atomic E-state index is 13.6. The van der Waals surface area contributed by atoms with E-state index in [0.717, 1.165) is 42.0 Å². The molecule has 5 rings (SSSR count). The van der Waals surface area contributed by atoms with Gasteiger partial charge in [0.25, 0.3) is 5.91 Å². The standard InChI is InChI=1S/C30H30N4O2/c35-30(27-9-11-28(12-10-27)34-20-4-17-32-34)33(22-25-15-18-31-19-16-25)21-24-7-13-29(14-8-24)36-23-26-5-2-1-3-6-26/h1-2,4,7-20,26H,3,5-6,21-23H2/t26-/m0/s1. The van der Waals surface area contributed by atoms with Gasteiger partial charge in [0.05, 0.1) is 12.3 Å². The van der Waals surface area contributed by atoms with Crippen molar-refractivity contribution >= 4 is 5.91 Å². The molecule has 0 saturated heterocycles. The topological polar surface area (TPSA) is 60.2 Å². The third-order valence-electron chi connectivity index (χ3n) is 6.45. The minimum Gasteiger partial charge on any atom is -0.493 e. The van der Waals surface area contributed by atoms with E-state index in [-0.39, 0.29) is 5.91 Å². The summed E-state index contributed by atoms with van der Waals surface area (Å²) in [5, 5.41) is 4.26. The van der Waals surface area contributed by atoms with Gasteiger partial charge < -0.3 is 9.64 Å². The van der Waals surface area contributed by atoms with Crippen LogP contribution in [-0.2, 0) is 13.1 Å². The summed E-state index contributed by atoms with van der Waals surface area (Å²) in [6.45, 7) is 1.73. The normalized spacial score (nSPS) is 14.9. The number of ether oxygens (including phenoxy) is 1. The predicted octanol–water partition coefficient (Wildman–Crippen LogP) is 5.85. The lowest BCUT2D eigenvalue weighted by Gasteiger charge is -2.23. The number of nitrogens with zero attached hydrogens (tertiary/aromatic N) is 4. The largest absolute Gasteiger partial charge is 0.493 e. The number of pyridine rings is 1. The second-order valence-corrected chi connectivity index (χ2v) is 9.12. The Hall–Kier alpha value is -4.19. The minimum atomic E-state index is -0.0236. The number of carbonyl (C=O) groups excluding carboxylic acids is 1. The average Bonchev–Trinajstić information content (AvgIpc) is 3.48. The third-order valence-corrected chi connectivity index (χ3v) is 6.45. The highest BCUT2D eigenvalue weighted by molar-refractivity contribution is 5.94. The summed E-state index contributed by atoms with van der Waals surface area (Å²) in [6, 6.07) is 21.4. The maximum Gasteiger partial charge on any atom is 0.254 e. The molecule has 2 heterocycles. The number of carbonyl (C=O) groups is 1. The van der Waals surface area contributed by atoms with Crippen LogP contribution in [0.25, 0.3) is 5.69 Å². The summed E-state index contributed by atoms with van der Waals surface area (Å²) in [5.74, 6) is 1.43. The number of hydrogen-bond donors (Lipinski definition) is 0. The highest BCUT2D eigenvalue weighted by atomic mass is 16.5. The second kappa shape index (κ2) is 11.5. The highest BCUT2D eigenvalue weighted by Crippen LogP contribution is 2.22. The molecule has 1 aliphatic rings. The Bertz CT molecular complexity index is 1270. The van der Waals surface area contributed by atoms with E-state index in [1.807, 2.05) is 77.8 Å². The van der Waals surface area contributed by atoms with Crippen LogP contribution in [0.4, 0.5) is 0 Å². The number of allylic oxidation sites excluding steroid dienone is 2. The molecular weight excluding hydrogens is 448 g/mol. The molecule has 2 aromatic carbocycles. The molecule has 0 unspecified atom stereocenters. The smallest absolute Gasteiger partial charge is 0.254 e. The molecule has 1 amide bonds. The molecule has 6 nitrogen and oxygen atoms in total. The Kier molecular flexibility index (Phi) is 7.52. The monoisotopic (exact) mass is 478 g/mol. The molecule has 0 N–H and O–H groups in total. The van der Waals surface area contributed by atoms with Gasteiger partial charge in [-0.25, -0.2) is 4.68 Å². The molecule has 0 spiro atoms. The molecule has 182 valence electrons. The van der Waals surface area contributed by atoms with Gasteiger partial charge in [0.2, 0.25) is 0 Å². The molecule has 2 aromatic heterocycles. The number of aromatic nitrogens is 3. The zero-order valence-electron chi connectivity index (χ0n) is 20.2. The average molecular weight is 479 g/mol. The van der Waals surface area contributed by atoms with Crippen molar-refractivity contribution in [2.24, 2.45) is 5.92 Å². The summed E-state index contributed by atoms with van der Waals surface area (Å²) in [4.78, 5) is 19.5. The van der Waals surface area contributed by atoms with Crippen molar-refractivity contribution in [1.29, 1.82) is 0 Å². The number of rotatable bonds is 9. The van der Waals surface area contributed by atoms with Crippen molar-refractivity contribution in [3.8, 4) is 11.4 Å². The Morgan fingerprint density at radius 3 is 2.33 bits per heavy atom. The zero-order valence-corrected chi connectivity index (χ0v) is 20.2. The molecule has 0 fully saturated rings. The SMILES string of the molecule is O=C(c1ccc(-n2cccn2)cc1)N(Cc1ccncc1)Cc1ccc(OC[C@H]2CC=CCC2)cc1. The summed E-state index contributed by atoms with van der Waals surface area (Å²) < 4.78 is 7.81. The Morgan fingerprint density at radius 1 is 0.917 bits per heavy atom. The van der Waals surface area contributed by atoms with Crippen molar-refractivity contribution in [3.05, 3.63) is 120 Å². The molecule has 0 bridgehead atoms. The van der Waals surface area contributed by atoms with Gasteiger partial charge in [0.1, 0.15) is 5.75 Å². The van der Waals surface area contributed by atoms with Gasteiger partial charge in [-0.05, 0) is 90.9 Å². The van der Waals surface area contributed by atoms with Gasteiger partial charge in [0, 0.05) is 43.4 Å². The quantitative estimate of drug-likeness (QED) is 0.283. The Labute approximate surface area is 211 Å². The van der Waals surface area contributed by atoms with Crippen molar-refractivity contribution in [1.82, 2.24) is 19.7 Å². The number of benzene rings is 2. The first-order valence-electron chi connectivity index (χ1n) is 12.4. The van der Waals surface area contributed by atoms with Crippen LogP contribution in [0.3, 0.4) is 0 Å². The molecule has 1 aliphatic carbocycles. The number of amides is 1. The lowest BCUT2D eigenvalue weighted by Crippen LogP contribution is -2.30. The lowest BCUT2D eigenvalue weighted by molar-refractivity contribution is 0.0730. The van der Waals surface area contributed by atoms with Crippen LogP contribution >= 0.6 is 0 Å². The van der Waals surface area contributed by atoms with Gasteiger partial charge >= 0.3 is 0 Å². The van der Waals surface area contributed by atoms with Crippen LogP contribution in [0.2, 0.25) is 0 Å². The molecular formula is C30H30N4O2. The fourth-order valence-corrected chi connectivity index (χ4v) is 4.40. The van der Waals surface area contributed by atoms with Gasteiger partial charge in [-0.3, -0.25) is 9.78 Å². The summed E-state index contributed by atoms with van der Waals surface area (Å²) in [6.07, 6.45) is 15.0. The highest BCUT2D eigenvalue weighted by Gasteiger charge is 2.17. The summed E-state index contributed by atoms with van der Waals surface area (Å²) in [5.41, 5.74) is 3.64. The van der Waals surface area contributed by atoms with E-state index >= 15 is 0 Å². The van der Waals surface area contributed by atoms with E-state index in [0.29, 0.717) is 24.6 Å². The molecule has 0 aliphatic heterocycles. The minimum absolute atomic E-state index is 0.0236. The Balaban J connectivity index is 1.28. The van der Waals surface area contributed by atoms with E-state index in [4.69, 9.17) is 4.74 Å². The van der Waals surface area contributed by atoms with Crippen molar-refractivity contribution in [2.75, 3.05) is 6.61 Å². The first kappa shape index (κ1) is 23.5. The fraction of sp³-hybridized carbons (Fsp3) is 0.233. The van der Waals surface area contributed by atoms with Crippen LogP contribution in [-0.4, -0.2) is 32.2 Å². The Morgan fingerprint density at radius 2 is 1.67 bits per heavy atom. The van der Waals surface area contributed by atoms with Gasteiger partial charge in [0.15, 0.2) is 0 Å². The van der Waals surface area contributed by atoms with Gasteiger partial charge in [-0.15, -0.1) is 0 Å². The molecule has 0 saturated carbocycles. The third kappa shape index (κ3) is 6.08. The van der Waals surface area contributed by atoms with Crippen molar-refractivity contribution in [3.63, 3.8) is 0 Å². The van der Waals surface area contributed by atoms with E-state index in [2.05, 4.69) is 22.2 Å². The molecule has 0 radical (unpaired) electrons. The fourth-order valence-electron chi connectivity index (χ4n) is 4.40. The molecule has 4 aromatic rings. The zero-order chi connectivity index (χ0) is 24.6. The van der Waals surface area contributed by atoms with Crippen LogP contribution in [0.1, 0.15) is 40.7 Å². The lowest BCUT2D eigenvalue weighted by atomic mass is 9.95. The molecule has 1 atom stereocenters. The van der Waals surface area contributed by atoms with E-state index in [9.17, 15) is 4.79 Å². The first-order chi connectivity index (χ1) is 17.7. The maximum absolute atomic E-state index is 13.6. The molecule has 6 heteroatoms. The van der Waals surface area contributed by atoms with Crippen LogP contribution in [0.5, 0.6) is 5.75 Å². The van der Waals surface area contributed by atoms with E-state index < -0.39 is 0 Å². The van der Waals surface area contributed by atoms with Crippen molar-refractivity contribution in [2.45, 2.75) is 32.4 Å². The van der Waals surface area contributed by atoms with Crippen molar-refractivity contribution < 1.29 is 9.53 Å². The first-order valence-corrected chi connectivity index (χ1v) is 12.4. The number of hydrogen-bond acceptors (Lipinski definition) is 4. The summed E-state index contributed by atoms with van der Waals surface area (Å²) in [7, 11) is 0. The van der Waals surface area contributed by atoms with Crippen LogP contribution in [0.15, 0.2) is 104 Å². The van der Waals surface area contributed by atoms with E-state index in [1.165, 1.54) is 6.42 Å². The second-order valence-electron chi connectivity index (χ2n) is 9.12. The van der Waals surface area contributed by atoms with Crippen LogP contribution in [0, 0.1) is 5.92 Å². The molecule has 36 heavy (non-hydrogen) atoms.